The summed E-state index contributed by atoms with van der Waals surface area (Å²) < 4.78 is 16.8. The summed E-state index contributed by atoms with van der Waals surface area (Å²) in [6.07, 6.45) is -0.500. The van der Waals surface area contributed by atoms with Gasteiger partial charge in [0.05, 0.1) is 18.9 Å². The summed E-state index contributed by atoms with van der Waals surface area (Å²) in [6.45, 7) is 2.26. The van der Waals surface area contributed by atoms with Crippen LogP contribution in [0.25, 0.3) is 10.2 Å². The number of aromatic nitrogens is 1. The molecule has 0 aliphatic carbocycles. The van der Waals surface area contributed by atoms with Crippen LogP contribution in [0.5, 0.6) is 11.5 Å². The average molecular weight is 358 g/mol. The first-order valence-corrected chi connectivity index (χ1v) is 8.43. The number of methoxy groups -OCH3 is 2. The molecule has 0 unspecified atom stereocenters. The fourth-order valence-electron chi connectivity index (χ4n) is 2.37. The van der Waals surface area contributed by atoms with Crippen molar-refractivity contribution in [2.45, 2.75) is 13.5 Å². The van der Waals surface area contributed by atoms with Gasteiger partial charge in [-0.15, -0.1) is 11.3 Å². The molecule has 0 radical (unpaired) electrons. The Bertz CT molecular complexity index is 907. The van der Waals surface area contributed by atoms with E-state index in [1.807, 2.05) is 31.2 Å². The number of para-hydroxylation sites is 1. The van der Waals surface area contributed by atoms with Crippen molar-refractivity contribution >= 4 is 33.3 Å². The molecule has 3 rings (SSSR count). The van der Waals surface area contributed by atoms with Gasteiger partial charge in [0.1, 0.15) is 28.6 Å². The number of thiazole rings is 1. The van der Waals surface area contributed by atoms with E-state index in [0.717, 1.165) is 26.5 Å². The van der Waals surface area contributed by atoms with Crippen molar-refractivity contribution in [2.24, 2.45) is 0 Å². The van der Waals surface area contributed by atoms with Gasteiger partial charge in [-0.25, -0.2) is 9.78 Å². The second-order valence-electron chi connectivity index (χ2n) is 5.30. The Morgan fingerprint density at radius 2 is 2.08 bits per heavy atom. The van der Waals surface area contributed by atoms with Crippen LogP contribution in [0.1, 0.15) is 10.6 Å². The molecule has 0 saturated heterocycles. The number of hydrogen-bond acceptors (Lipinski definition) is 6. The van der Waals surface area contributed by atoms with E-state index in [1.165, 1.54) is 7.11 Å². The van der Waals surface area contributed by atoms with Gasteiger partial charge in [0, 0.05) is 5.69 Å². The molecule has 130 valence electrons. The molecular formula is C18H18N2O4S. The highest BCUT2D eigenvalue weighted by Crippen LogP contribution is 2.30. The molecule has 6 nitrogen and oxygen atoms in total. The van der Waals surface area contributed by atoms with Gasteiger partial charge in [0.25, 0.3) is 0 Å². The lowest BCUT2D eigenvalue weighted by Gasteiger charge is -2.10. The lowest BCUT2D eigenvalue weighted by Crippen LogP contribution is -2.11. The van der Waals surface area contributed by atoms with E-state index in [9.17, 15) is 4.79 Å². The van der Waals surface area contributed by atoms with E-state index in [0.29, 0.717) is 18.0 Å². The van der Waals surface area contributed by atoms with Gasteiger partial charge in [0.2, 0.25) is 0 Å². The normalized spacial score (nSPS) is 10.5. The lowest BCUT2D eigenvalue weighted by molar-refractivity contribution is 0.187. The number of amides is 1. The highest BCUT2D eigenvalue weighted by Gasteiger charge is 2.10. The van der Waals surface area contributed by atoms with Crippen molar-refractivity contribution in [1.29, 1.82) is 0 Å². The second-order valence-corrected chi connectivity index (χ2v) is 6.41. The number of anilines is 1. The van der Waals surface area contributed by atoms with Crippen LogP contribution >= 0.6 is 11.3 Å². The summed E-state index contributed by atoms with van der Waals surface area (Å²) in [6, 6.07) is 11.3. The zero-order valence-corrected chi connectivity index (χ0v) is 15.0. The summed E-state index contributed by atoms with van der Waals surface area (Å²) in [5.74, 6) is 1.47. The van der Waals surface area contributed by atoms with Crippen LogP contribution in [0, 0.1) is 6.92 Å². The number of benzene rings is 2. The zero-order chi connectivity index (χ0) is 17.8. The third kappa shape index (κ3) is 3.83. The molecule has 0 atom stereocenters. The largest absolute Gasteiger partial charge is 0.494 e. The monoisotopic (exact) mass is 358 g/mol. The van der Waals surface area contributed by atoms with E-state index >= 15 is 0 Å². The first-order chi connectivity index (χ1) is 12.1. The molecule has 0 aliphatic heterocycles. The van der Waals surface area contributed by atoms with Gasteiger partial charge >= 0.3 is 6.09 Å². The van der Waals surface area contributed by atoms with Crippen LogP contribution in [0.15, 0.2) is 36.4 Å². The predicted octanol–water partition coefficient (Wildman–Crippen LogP) is 4.37. The maximum Gasteiger partial charge on any atom is 0.411 e. The Labute approximate surface area is 149 Å². The summed E-state index contributed by atoms with van der Waals surface area (Å²) in [5.41, 5.74) is 2.42. The lowest BCUT2D eigenvalue weighted by atomic mass is 10.2. The molecule has 0 saturated carbocycles. The van der Waals surface area contributed by atoms with Gasteiger partial charge < -0.3 is 14.2 Å². The fourth-order valence-corrected chi connectivity index (χ4v) is 3.27. The Morgan fingerprint density at radius 3 is 2.80 bits per heavy atom. The third-order valence-electron chi connectivity index (χ3n) is 3.63. The maximum absolute atomic E-state index is 11.3. The Hall–Kier alpha value is -2.80. The minimum absolute atomic E-state index is 0.367. The molecule has 1 N–H and O–H groups in total. The van der Waals surface area contributed by atoms with E-state index < -0.39 is 6.09 Å². The summed E-state index contributed by atoms with van der Waals surface area (Å²) in [5, 5.41) is 3.52. The van der Waals surface area contributed by atoms with Crippen LogP contribution in [0.3, 0.4) is 0 Å². The maximum atomic E-state index is 11.3. The molecule has 7 heteroatoms. The SMILES string of the molecule is COC(=O)Nc1ccc(OCc2nc3c(OC)cccc3s2)cc1C. The summed E-state index contributed by atoms with van der Waals surface area (Å²) in [4.78, 5) is 15.9. The minimum Gasteiger partial charge on any atom is -0.494 e. The molecular weight excluding hydrogens is 340 g/mol. The zero-order valence-electron chi connectivity index (χ0n) is 14.2. The van der Waals surface area contributed by atoms with E-state index in [-0.39, 0.29) is 0 Å². The van der Waals surface area contributed by atoms with Crippen molar-refractivity contribution in [3.05, 3.63) is 47.0 Å². The van der Waals surface area contributed by atoms with Crippen molar-refractivity contribution in [1.82, 2.24) is 4.98 Å². The van der Waals surface area contributed by atoms with Crippen molar-refractivity contribution in [2.75, 3.05) is 19.5 Å². The number of nitrogens with zero attached hydrogens (tertiary/aromatic N) is 1. The predicted molar refractivity (Wildman–Crippen MR) is 97.7 cm³/mol. The van der Waals surface area contributed by atoms with Crippen LogP contribution < -0.4 is 14.8 Å². The van der Waals surface area contributed by atoms with E-state index in [4.69, 9.17) is 9.47 Å². The van der Waals surface area contributed by atoms with Gasteiger partial charge in [-0.05, 0) is 42.8 Å². The van der Waals surface area contributed by atoms with Crippen LogP contribution in [-0.2, 0) is 11.3 Å². The van der Waals surface area contributed by atoms with Crippen LogP contribution in [0.4, 0.5) is 10.5 Å². The number of ether oxygens (including phenoxy) is 3. The summed E-state index contributed by atoms with van der Waals surface area (Å²) >= 11 is 1.58. The molecule has 1 heterocycles. The van der Waals surface area contributed by atoms with Crippen LogP contribution in [0.2, 0.25) is 0 Å². The molecule has 0 bridgehead atoms. The number of nitrogens with one attached hydrogen (secondary N) is 1. The second kappa shape index (κ2) is 7.40. The Morgan fingerprint density at radius 1 is 1.24 bits per heavy atom. The molecule has 3 aromatic rings. The highest BCUT2D eigenvalue weighted by atomic mass is 32.1. The van der Waals surface area contributed by atoms with Gasteiger partial charge in [0.15, 0.2) is 0 Å². The number of rotatable bonds is 5. The Balaban J connectivity index is 1.71. The molecule has 1 aromatic heterocycles. The number of carbonyl (C=O) groups is 1. The molecule has 0 aliphatic rings. The summed E-state index contributed by atoms with van der Waals surface area (Å²) in [7, 11) is 2.96. The average Bonchev–Trinajstić information content (AvgIpc) is 3.04. The van der Waals surface area contributed by atoms with Gasteiger partial charge in [-0.3, -0.25) is 5.32 Å². The van der Waals surface area contributed by atoms with E-state index in [1.54, 1.807) is 30.6 Å². The van der Waals surface area contributed by atoms with Crippen LogP contribution in [-0.4, -0.2) is 25.3 Å². The van der Waals surface area contributed by atoms with Gasteiger partial charge in [-0.2, -0.15) is 0 Å². The first kappa shape index (κ1) is 17.0. The molecule has 0 fully saturated rings. The molecule has 1 amide bonds. The fraction of sp³-hybridized carbons (Fsp3) is 0.222. The highest BCUT2D eigenvalue weighted by molar-refractivity contribution is 7.18. The van der Waals surface area contributed by atoms with E-state index in [2.05, 4.69) is 15.0 Å². The smallest absolute Gasteiger partial charge is 0.411 e. The Kier molecular flexibility index (Phi) is 5.04. The molecule has 25 heavy (non-hydrogen) atoms. The van der Waals surface area contributed by atoms with Crippen molar-refractivity contribution in [3.63, 3.8) is 0 Å². The standard InChI is InChI=1S/C18H18N2O4S/c1-11-9-12(7-8-13(11)19-18(21)23-3)24-10-16-20-17-14(22-2)5-4-6-15(17)25-16/h4-9H,10H2,1-3H3,(H,19,21). The molecule has 0 spiro atoms. The molecule has 2 aromatic carbocycles. The quantitative estimate of drug-likeness (QED) is 0.733. The van der Waals surface area contributed by atoms with Crippen molar-refractivity contribution in [3.8, 4) is 11.5 Å². The van der Waals surface area contributed by atoms with Crippen molar-refractivity contribution < 1.29 is 19.0 Å². The number of aryl methyl sites for hydroxylation is 1. The third-order valence-corrected chi connectivity index (χ3v) is 4.62. The first-order valence-electron chi connectivity index (χ1n) is 7.61. The number of carbonyl (C=O) groups excluding carboxylic acids is 1. The number of fused-ring (bicyclic) bond motifs is 1. The number of hydrogen-bond donors (Lipinski definition) is 1. The van der Waals surface area contributed by atoms with Gasteiger partial charge in [-0.1, -0.05) is 6.07 Å². The topological polar surface area (TPSA) is 69.7 Å². The minimum atomic E-state index is -0.500.